The van der Waals surface area contributed by atoms with Gasteiger partial charge in [0.2, 0.25) is 6.10 Å². The number of likely N-dealkylation sites (tertiary alicyclic amines) is 1. The van der Waals surface area contributed by atoms with Crippen molar-refractivity contribution in [2.75, 3.05) is 13.1 Å². The molecule has 1 aromatic carbocycles. The molecule has 0 spiro atoms. The summed E-state index contributed by atoms with van der Waals surface area (Å²) < 4.78 is 5.69. The average Bonchev–Trinajstić information content (AvgIpc) is 3.01. The van der Waals surface area contributed by atoms with E-state index in [1.165, 1.54) is 6.92 Å². The second-order valence-electron chi connectivity index (χ2n) is 7.26. The minimum atomic E-state index is -1.00. The second kappa shape index (κ2) is 8.42. The zero-order valence-corrected chi connectivity index (χ0v) is 16.6. The van der Waals surface area contributed by atoms with Crippen LogP contribution in [0.5, 0.6) is 0 Å². The Bertz CT molecular complexity index is 879. The number of carbonyl (C=O) groups excluding carboxylic acids is 3. The molecule has 148 valence electrons. The Morgan fingerprint density at radius 2 is 1.68 bits per heavy atom. The Kier molecular flexibility index (Phi) is 5.97. The van der Waals surface area contributed by atoms with Crippen LogP contribution in [0.25, 0.3) is 0 Å². The summed E-state index contributed by atoms with van der Waals surface area (Å²) in [6.07, 6.45) is 2.01. The third kappa shape index (κ3) is 4.01. The molecule has 2 aromatic rings. The van der Waals surface area contributed by atoms with E-state index in [1.54, 1.807) is 30.9 Å². The van der Waals surface area contributed by atoms with Crippen LogP contribution in [0.1, 0.15) is 70.0 Å². The second-order valence-corrected chi connectivity index (χ2v) is 7.26. The Balaban J connectivity index is 1.89. The van der Waals surface area contributed by atoms with Crippen molar-refractivity contribution in [3.05, 3.63) is 58.4 Å². The van der Waals surface area contributed by atoms with E-state index in [4.69, 9.17) is 4.74 Å². The number of carbonyl (C=O) groups is 3. The summed E-state index contributed by atoms with van der Waals surface area (Å²) in [7, 11) is 0. The Morgan fingerprint density at radius 3 is 2.25 bits per heavy atom. The first-order chi connectivity index (χ1) is 13.4. The lowest BCUT2D eigenvalue weighted by atomic mass is 10.1. The summed E-state index contributed by atoms with van der Waals surface area (Å²) >= 11 is 0. The van der Waals surface area contributed by atoms with Gasteiger partial charge < -0.3 is 14.6 Å². The van der Waals surface area contributed by atoms with Crippen LogP contribution in [0, 0.1) is 13.8 Å². The number of nitrogens with zero attached hydrogens (tertiary/aromatic N) is 1. The van der Waals surface area contributed by atoms with E-state index in [2.05, 4.69) is 4.98 Å². The van der Waals surface area contributed by atoms with E-state index in [9.17, 15) is 14.4 Å². The number of esters is 1. The molecule has 1 N–H and O–H groups in total. The Hall–Kier alpha value is -2.89. The van der Waals surface area contributed by atoms with E-state index >= 15 is 0 Å². The van der Waals surface area contributed by atoms with Gasteiger partial charge in [0, 0.05) is 29.9 Å². The lowest BCUT2D eigenvalue weighted by Crippen LogP contribution is -2.40. The first kappa shape index (κ1) is 19.9. The van der Waals surface area contributed by atoms with Crippen molar-refractivity contribution in [2.45, 2.75) is 46.1 Å². The van der Waals surface area contributed by atoms with E-state index in [0.29, 0.717) is 35.5 Å². The Morgan fingerprint density at radius 1 is 1.04 bits per heavy atom. The molecular weight excluding hydrogens is 356 g/mol. The zero-order chi connectivity index (χ0) is 20.3. The molecule has 1 aromatic heterocycles. The Labute approximate surface area is 164 Å². The van der Waals surface area contributed by atoms with Crippen molar-refractivity contribution in [3.8, 4) is 0 Å². The number of nitrogens with one attached hydrogen (secondary N) is 1. The predicted molar refractivity (Wildman–Crippen MR) is 105 cm³/mol. The van der Waals surface area contributed by atoms with Crippen LogP contribution < -0.4 is 0 Å². The van der Waals surface area contributed by atoms with Crippen molar-refractivity contribution < 1.29 is 19.1 Å². The van der Waals surface area contributed by atoms with Gasteiger partial charge in [0.1, 0.15) is 5.69 Å². The predicted octanol–water partition coefficient (Wildman–Crippen LogP) is 3.74. The molecule has 6 nitrogen and oxygen atoms in total. The first-order valence-corrected chi connectivity index (χ1v) is 9.65. The van der Waals surface area contributed by atoms with Gasteiger partial charge in [-0.3, -0.25) is 9.59 Å². The van der Waals surface area contributed by atoms with Crippen molar-refractivity contribution in [1.29, 1.82) is 0 Å². The fraction of sp³-hybridized carbons (Fsp3) is 0.409. The number of hydrogen-bond donors (Lipinski definition) is 1. The van der Waals surface area contributed by atoms with Crippen molar-refractivity contribution in [3.63, 3.8) is 0 Å². The molecule has 1 atom stereocenters. The maximum atomic E-state index is 13.1. The fourth-order valence-corrected chi connectivity index (χ4v) is 3.82. The first-order valence-electron chi connectivity index (χ1n) is 9.65. The van der Waals surface area contributed by atoms with Gasteiger partial charge >= 0.3 is 5.97 Å². The summed E-state index contributed by atoms with van der Waals surface area (Å²) in [6, 6.07) is 9.06. The van der Waals surface area contributed by atoms with Crippen LogP contribution in [0.15, 0.2) is 30.3 Å². The largest absolute Gasteiger partial charge is 0.443 e. The molecular formula is C22H26N2O4. The molecule has 0 radical (unpaired) electrons. The third-order valence-corrected chi connectivity index (χ3v) is 5.21. The molecule has 1 aliphatic rings. The molecule has 6 heteroatoms. The third-order valence-electron chi connectivity index (χ3n) is 5.21. The van der Waals surface area contributed by atoms with Crippen molar-refractivity contribution in [1.82, 2.24) is 9.88 Å². The monoisotopic (exact) mass is 382 g/mol. The van der Waals surface area contributed by atoms with Gasteiger partial charge in [-0.2, -0.15) is 0 Å². The SMILES string of the molecule is CC(=O)c1c(C)[nH]c(C(=O)O[C@H](C(=O)N2CCCCC2)c2ccccc2)c1C. The van der Waals surface area contributed by atoms with Gasteiger partial charge in [0.25, 0.3) is 5.91 Å². The van der Waals surface area contributed by atoms with Crippen LogP contribution in [0.4, 0.5) is 0 Å². The van der Waals surface area contributed by atoms with Crippen molar-refractivity contribution in [2.24, 2.45) is 0 Å². The van der Waals surface area contributed by atoms with Gasteiger partial charge in [-0.1, -0.05) is 30.3 Å². The minimum absolute atomic E-state index is 0.116. The standard InChI is InChI=1S/C22H26N2O4/c1-14-18(16(3)25)15(2)23-19(14)22(27)28-20(17-10-6-4-7-11-17)21(26)24-12-8-5-9-13-24/h4,6-7,10-11,20,23H,5,8-9,12-13H2,1-3H3/t20-/m0/s1. The van der Waals surface area contributed by atoms with Crippen LogP contribution in [-0.2, 0) is 9.53 Å². The number of hydrogen-bond acceptors (Lipinski definition) is 4. The number of benzene rings is 1. The quantitative estimate of drug-likeness (QED) is 0.631. The summed E-state index contributed by atoms with van der Waals surface area (Å²) in [4.78, 5) is 42.6. The fourth-order valence-electron chi connectivity index (χ4n) is 3.82. The molecule has 0 bridgehead atoms. The van der Waals surface area contributed by atoms with Gasteiger partial charge in [-0.05, 0) is 45.6 Å². The number of aromatic amines is 1. The highest BCUT2D eigenvalue weighted by atomic mass is 16.5. The maximum absolute atomic E-state index is 13.1. The highest BCUT2D eigenvalue weighted by Crippen LogP contribution is 2.26. The molecule has 1 aliphatic heterocycles. The van der Waals surface area contributed by atoms with Gasteiger partial charge in [-0.15, -0.1) is 0 Å². The molecule has 0 saturated carbocycles. The summed E-state index contributed by atoms with van der Waals surface area (Å²) in [5.41, 5.74) is 2.52. The van der Waals surface area contributed by atoms with Gasteiger partial charge in [-0.25, -0.2) is 4.79 Å². The summed E-state index contributed by atoms with van der Waals surface area (Å²) in [6.45, 7) is 6.27. The molecule has 0 unspecified atom stereocenters. The number of ether oxygens (including phenoxy) is 1. The molecule has 28 heavy (non-hydrogen) atoms. The molecule has 3 rings (SSSR count). The van der Waals surface area contributed by atoms with Gasteiger partial charge in [0.05, 0.1) is 0 Å². The smallest absolute Gasteiger partial charge is 0.356 e. The average molecular weight is 382 g/mol. The summed E-state index contributed by atoms with van der Waals surface area (Å²) in [5.74, 6) is -0.950. The van der Waals surface area contributed by atoms with Crippen LogP contribution in [-0.4, -0.2) is 40.6 Å². The number of Topliss-reactive ketones (excluding diaryl/α,β-unsaturated/α-hetero) is 1. The highest BCUT2D eigenvalue weighted by molar-refractivity contribution is 6.01. The number of ketones is 1. The minimum Gasteiger partial charge on any atom is -0.443 e. The van der Waals surface area contributed by atoms with E-state index in [0.717, 1.165) is 19.3 Å². The van der Waals surface area contributed by atoms with Crippen molar-refractivity contribution >= 4 is 17.7 Å². The van der Waals surface area contributed by atoms with E-state index in [-0.39, 0.29) is 17.4 Å². The number of amides is 1. The van der Waals surface area contributed by atoms with Crippen LogP contribution in [0.3, 0.4) is 0 Å². The number of rotatable bonds is 5. The number of H-pyrrole nitrogens is 1. The maximum Gasteiger partial charge on any atom is 0.356 e. The zero-order valence-electron chi connectivity index (χ0n) is 16.6. The number of piperidine rings is 1. The molecule has 0 aliphatic carbocycles. The topological polar surface area (TPSA) is 79.5 Å². The summed E-state index contributed by atoms with van der Waals surface area (Å²) in [5, 5.41) is 0. The van der Waals surface area contributed by atoms with E-state index < -0.39 is 12.1 Å². The van der Waals surface area contributed by atoms with Crippen LogP contribution >= 0.6 is 0 Å². The molecule has 1 fully saturated rings. The lowest BCUT2D eigenvalue weighted by Gasteiger charge is -2.30. The van der Waals surface area contributed by atoms with E-state index in [1.807, 2.05) is 18.2 Å². The number of aromatic nitrogens is 1. The number of aryl methyl sites for hydroxylation is 1. The molecule has 1 saturated heterocycles. The van der Waals surface area contributed by atoms with Gasteiger partial charge in [0.15, 0.2) is 5.78 Å². The van der Waals surface area contributed by atoms with Crippen LogP contribution in [0.2, 0.25) is 0 Å². The lowest BCUT2D eigenvalue weighted by molar-refractivity contribution is -0.142. The normalized spacial score (nSPS) is 15.2. The molecule has 1 amide bonds. The highest BCUT2D eigenvalue weighted by Gasteiger charge is 2.32. The molecule has 2 heterocycles.